The summed E-state index contributed by atoms with van der Waals surface area (Å²) in [5.74, 6) is 0. The SMILES string of the molecule is CNCc1cc(S(=O)(=O)NN(C)C)ccc1Cl. The normalized spacial score (nSPS) is 12.1. The summed E-state index contributed by atoms with van der Waals surface area (Å²) < 4.78 is 23.8. The van der Waals surface area contributed by atoms with E-state index in [2.05, 4.69) is 10.1 Å². The Bertz CT molecular complexity index is 488. The van der Waals surface area contributed by atoms with Crippen LogP contribution in [0.2, 0.25) is 5.02 Å². The molecule has 1 rings (SSSR count). The first-order valence-corrected chi connectivity index (χ1v) is 6.85. The molecule has 0 fully saturated rings. The van der Waals surface area contributed by atoms with Crippen molar-refractivity contribution in [2.24, 2.45) is 0 Å². The van der Waals surface area contributed by atoms with E-state index in [0.717, 1.165) is 5.56 Å². The molecule has 0 aliphatic heterocycles. The summed E-state index contributed by atoms with van der Waals surface area (Å²) in [5.41, 5.74) is 0.746. The average Bonchev–Trinajstić information content (AvgIpc) is 2.19. The number of rotatable bonds is 5. The predicted molar refractivity (Wildman–Crippen MR) is 68.2 cm³/mol. The maximum absolute atomic E-state index is 11.9. The Morgan fingerprint density at radius 2 is 2.00 bits per heavy atom. The van der Waals surface area contributed by atoms with Crippen molar-refractivity contribution in [2.75, 3.05) is 21.1 Å². The summed E-state index contributed by atoms with van der Waals surface area (Å²) in [6.07, 6.45) is 0. The fourth-order valence-electron chi connectivity index (χ4n) is 1.34. The fourth-order valence-corrected chi connectivity index (χ4v) is 2.65. The Balaban J connectivity index is 3.11. The summed E-state index contributed by atoms with van der Waals surface area (Å²) in [5, 5.41) is 4.86. The highest BCUT2D eigenvalue weighted by Gasteiger charge is 2.16. The van der Waals surface area contributed by atoms with E-state index < -0.39 is 10.0 Å². The Hall–Kier alpha value is -0.660. The van der Waals surface area contributed by atoms with Crippen LogP contribution in [0, 0.1) is 0 Å². The minimum absolute atomic E-state index is 0.195. The van der Waals surface area contributed by atoms with E-state index in [1.54, 1.807) is 33.3 Å². The largest absolute Gasteiger partial charge is 0.316 e. The van der Waals surface area contributed by atoms with Crippen LogP contribution in [0.15, 0.2) is 23.1 Å². The van der Waals surface area contributed by atoms with Gasteiger partial charge < -0.3 is 5.32 Å². The molecule has 2 N–H and O–H groups in total. The van der Waals surface area contributed by atoms with E-state index in [4.69, 9.17) is 11.6 Å². The summed E-state index contributed by atoms with van der Waals surface area (Å²) >= 11 is 5.97. The Morgan fingerprint density at radius 3 is 2.53 bits per heavy atom. The lowest BCUT2D eigenvalue weighted by Gasteiger charge is -2.13. The number of nitrogens with one attached hydrogen (secondary N) is 2. The summed E-state index contributed by atoms with van der Waals surface area (Å²) in [6, 6.07) is 4.62. The van der Waals surface area contributed by atoms with Gasteiger partial charge >= 0.3 is 0 Å². The van der Waals surface area contributed by atoms with Gasteiger partial charge in [-0.25, -0.2) is 13.4 Å². The van der Waals surface area contributed by atoms with Crippen LogP contribution in [-0.2, 0) is 16.6 Å². The molecule has 5 nitrogen and oxygen atoms in total. The Morgan fingerprint density at radius 1 is 1.35 bits per heavy atom. The van der Waals surface area contributed by atoms with Gasteiger partial charge in [0, 0.05) is 25.7 Å². The second kappa shape index (κ2) is 5.79. The van der Waals surface area contributed by atoms with Gasteiger partial charge in [-0.05, 0) is 30.8 Å². The molecule has 0 unspecified atom stereocenters. The average molecular weight is 278 g/mol. The Labute approximate surface area is 107 Å². The summed E-state index contributed by atoms with van der Waals surface area (Å²) in [4.78, 5) is 2.56. The number of benzene rings is 1. The first-order chi connectivity index (χ1) is 7.86. The number of hydrogen-bond donors (Lipinski definition) is 2. The third-order valence-electron chi connectivity index (χ3n) is 2.00. The number of halogens is 1. The van der Waals surface area contributed by atoms with Crippen LogP contribution in [0.25, 0.3) is 0 Å². The molecule has 1 aromatic carbocycles. The molecule has 7 heteroatoms. The second-order valence-corrected chi connectivity index (χ2v) is 5.84. The molecule has 0 aliphatic rings. The first kappa shape index (κ1) is 14.4. The van der Waals surface area contributed by atoms with Crippen LogP contribution in [-0.4, -0.2) is 34.6 Å². The van der Waals surface area contributed by atoms with Crippen LogP contribution in [0.3, 0.4) is 0 Å². The van der Waals surface area contributed by atoms with Crippen LogP contribution in [0.5, 0.6) is 0 Å². The van der Waals surface area contributed by atoms with Gasteiger partial charge in [0.1, 0.15) is 0 Å². The van der Waals surface area contributed by atoms with Gasteiger partial charge in [0.15, 0.2) is 0 Å². The molecule has 0 aliphatic carbocycles. The maximum atomic E-state index is 11.9. The third-order valence-corrected chi connectivity index (χ3v) is 3.85. The van der Waals surface area contributed by atoms with Crippen molar-refractivity contribution < 1.29 is 8.42 Å². The molecule has 0 atom stereocenters. The predicted octanol–water partition coefficient (Wildman–Crippen LogP) is 0.814. The topological polar surface area (TPSA) is 61.4 Å². The zero-order valence-corrected chi connectivity index (χ0v) is 11.6. The molecular formula is C10H16ClN3O2S. The quantitative estimate of drug-likeness (QED) is 0.782. The van der Waals surface area contributed by atoms with Crippen molar-refractivity contribution in [3.8, 4) is 0 Å². The molecule has 0 aromatic heterocycles. The van der Waals surface area contributed by atoms with Gasteiger partial charge in [-0.2, -0.15) is 0 Å². The van der Waals surface area contributed by atoms with Gasteiger partial charge in [0.05, 0.1) is 4.90 Å². The minimum Gasteiger partial charge on any atom is -0.316 e. The van der Waals surface area contributed by atoms with Gasteiger partial charge in [0.2, 0.25) is 0 Å². The van der Waals surface area contributed by atoms with E-state index in [-0.39, 0.29) is 4.90 Å². The second-order valence-electron chi connectivity index (χ2n) is 3.77. The summed E-state index contributed by atoms with van der Waals surface area (Å²) in [7, 11) is 1.47. The lowest BCUT2D eigenvalue weighted by Crippen LogP contribution is -2.36. The molecule has 0 heterocycles. The van der Waals surface area contributed by atoms with Gasteiger partial charge in [0.25, 0.3) is 10.0 Å². The first-order valence-electron chi connectivity index (χ1n) is 4.99. The molecule has 0 spiro atoms. The molecule has 96 valence electrons. The minimum atomic E-state index is -3.53. The van der Waals surface area contributed by atoms with Crippen molar-refractivity contribution in [3.63, 3.8) is 0 Å². The van der Waals surface area contributed by atoms with Gasteiger partial charge in [-0.3, -0.25) is 0 Å². The van der Waals surface area contributed by atoms with E-state index in [1.165, 1.54) is 11.1 Å². The van der Waals surface area contributed by atoms with Gasteiger partial charge in [-0.1, -0.05) is 11.6 Å². The molecular weight excluding hydrogens is 262 g/mol. The molecule has 0 radical (unpaired) electrons. The Kier molecular flexibility index (Phi) is 4.91. The molecule has 17 heavy (non-hydrogen) atoms. The van der Waals surface area contributed by atoms with Crippen molar-refractivity contribution in [2.45, 2.75) is 11.4 Å². The molecule has 1 aromatic rings. The standard InChI is InChI=1S/C10H16ClN3O2S/c1-12-7-8-6-9(4-5-10(8)11)17(15,16)13-14(2)3/h4-6,12-13H,7H2,1-3H3. The lowest BCUT2D eigenvalue weighted by atomic mass is 10.2. The van der Waals surface area contributed by atoms with E-state index in [1.807, 2.05) is 0 Å². The zero-order chi connectivity index (χ0) is 13.1. The highest BCUT2D eigenvalue weighted by Crippen LogP contribution is 2.20. The number of nitrogens with zero attached hydrogens (tertiary/aromatic N) is 1. The number of hydrogen-bond acceptors (Lipinski definition) is 4. The van der Waals surface area contributed by atoms with Crippen molar-refractivity contribution in [1.82, 2.24) is 15.2 Å². The van der Waals surface area contributed by atoms with E-state index in [9.17, 15) is 8.42 Å². The molecule has 0 saturated carbocycles. The van der Waals surface area contributed by atoms with Crippen molar-refractivity contribution in [3.05, 3.63) is 28.8 Å². The molecule has 0 saturated heterocycles. The number of sulfonamides is 1. The summed E-state index contributed by atoms with van der Waals surface area (Å²) in [6.45, 7) is 0.518. The lowest BCUT2D eigenvalue weighted by molar-refractivity contribution is 0.364. The molecule has 0 amide bonds. The van der Waals surface area contributed by atoms with Crippen LogP contribution < -0.4 is 10.1 Å². The van der Waals surface area contributed by atoms with Crippen LogP contribution >= 0.6 is 11.6 Å². The fraction of sp³-hybridized carbons (Fsp3) is 0.400. The highest BCUT2D eigenvalue weighted by atomic mass is 35.5. The van der Waals surface area contributed by atoms with E-state index >= 15 is 0 Å². The third kappa shape index (κ3) is 3.93. The smallest absolute Gasteiger partial charge is 0.253 e. The van der Waals surface area contributed by atoms with Crippen molar-refractivity contribution in [1.29, 1.82) is 0 Å². The maximum Gasteiger partial charge on any atom is 0.253 e. The monoisotopic (exact) mass is 277 g/mol. The highest BCUT2D eigenvalue weighted by molar-refractivity contribution is 7.89. The molecule has 0 bridgehead atoms. The van der Waals surface area contributed by atoms with Crippen LogP contribution in [0.4, 0.5) is 0 Å². The zero-order valence-electron chi connectivity index (χ0n) is 9.99. The van der Waals surface area contributed by atoms with Crippen LogP contribution in [0.1, 0.15) is 5.56 Å². The van der Waals surface area contributed by atoms with E-state index in [0.29, 0.717) is 11.6 Å². The van der Waals surface area contributed by atoms with Crippen molar-refractivity contribution >= 4 is 21.6 Å². The van der Waals surface area contributed by atoms with Gasteiger partial charge in [-0.15, -0.1) is 4.83 Å². The number of hydrazine groups is 1.